The number of nitro groups is 1. The molecule has 1 saturated heterocycles. The summed E-state index contributed by atoms with van der Waals surface area (Å²) in [6.45, 7) is 4.71. The van der Waals surface area contributed by atoms with Gasteiger partial charge in [0.2, 0.25) is 0 Å². The molecule has 1 unspecified atom stereocenters. The average Bonchev–Trinajstić information content (AvgIpc) is 2.63. The number of aryl methyl sites for hydroxylation is 1. The third-order valence-corrected chi connectivity index (χ3v) is 4.95. The summed E-state index contributed by atoms with van der Waals surface area (Å²) in [5.74, 6) is -0.616. The van der Waals surface area contributed by atoms with E-state index in [1.807, 2.05) is 17.9 Å². The first kappa shape index (κ1) is 18.8. The van der Waals surface area contributed by atoms with E-state index in [4.69, 9.17) is 0 Å². The number of halogens is 1. The van der Waals surface area contributed by atoms with Crippen LogP contribution < -0.4 is 10.2 Å². The Morgan fingerprint density at radius 1 is 1.30 bits per heavy atom. The van der Waals surface area contributed by atoms with Gasteiger partial charge in [0.1, 0.15) is 5.82 Å². The minimum absolute atomic E-state index is 0.0743. The van der Waals surface area contributed by atoms with E-state index in [9.17, 15) is 19.3 Å². The monoisotopic (exact) mass is 371 g/mol. The zero-order valence-corrected chi connectivity index (χ0v) is 15.4. The number of nitrogens with one attached hydrogen (secondary N) is 1. The van der Waals surface area contributed by atoms with Crippen LogP contribution in [0.15, 0.2) is 36.4 Å². The van der Waals surface area contributed by atoms with Crippen molar-refractivity contribution in [1.82, 2.24) is 5.32 Å². The van der Waals surface area contributed by atoms with Crippen molar-refractivity contribution in [1.29, 1.82) is 0 Å². The van der Waals surface area contributed by atoms with Gasteiger partial charge in [0.25, 0.3) is 11.6 Å². The van der Waals surface area contributed by atoms with Crippen molar-refractivity contribution in [2.75, 3.05) is 18.0 Å². The lowest BCUT2D eigenvalue weighted by Crippen LogP contribution is -2.48. The first-order valence-electron chi connectivity index (χ1n) is 8.93. The van der Waals surface area contributed by atoms with Gasteiger partial charge in [-0.3, -0.25) is 14.9 Å². The highest BCUT2D eigenvalue weighted by Gasteiger charge is 2.25. The first-order valence-corrected chi connectivity index (χ1v) is 8.93. The molecule has 0 aliphatic carbocycles. The molecule has 1 atom stereocenters. The largest absolute Gasteiger partial charge is 0.367 e. The average molecular weight is 371 g/mol. The summed E-state index contributed by atoms with van der Waals surface area (Å²) in [6.07, 6.45) is 1.61. The fourth-order valence-electron chi connectivity index (χ4n) is 3.51. The standard InChI is InChI=1S/C20H22FN3O3/c1-13-8-9-17(21)19(11-13)23-10-4-5-15(12-23)22-20(25)16-6-3-7-18(14(16)2)24(26)27/h3,6-9,11,15H,4-5,10,12H2,1-2H3,(H,22,25). The molecule has 1 aliphatic heterocycles. The Bertz CT molecular complexity index is 885. The normalized spacial score (nSPS) is 16.9. The van der Waals surface area contributed by atoms with Crippen LogP contribution in [0, 0.1) is 29.8 Å². The van der Waals surface area contributed by atoms with Gasteiger partial charge in [0.05, 0.1) is 10.6 Å². The minimum Gasteiger partial charge on any atom is -0.367 e. The second-order valence-corrected chi connectivity index (χ2v) is 6.92. The molecule has 27 heavy (non-hydrogen) atoms. The molecular weight excluding hydrogens is 349 g/mol. The molecule has 1 heterocycles. The molecule has 1 fully saturated rings. The smallest absolute Gasteiger partial charge is 0.273 e. The Hall–Kier alpha value is -2.96. The van der Waals surface area contributed by atoms with Crippen molar-refractivity contribution in [3.63, 3.8) is 0 Å². The van der Waals surface area contributed by atoms with Crippen LogP contribution in [0.25, 0.3) is 0 Å². The van der Waals surface area contributed by atoms with Crippen molar-refractivity contribution in [2.45, 2.75) is 32.7 Å². The van der Waals surface area contributed by atoms with Gasteiger partial charge in [0, 0.05) is 36.3 Å². The predicted octanol–water partition coefficient (Wildman–Crippen LogP) is 3.75. The van der Waals surface area contributed by atoms with Crippen LogP contribution in [0.3, 0.4) is 0 Å². The summed E-state index contributed by atoms with van der Waals surface area (Å²) in [4.78, 5) is 25.2. The second kappa shape index (κ2) is 7.73. The van der Waals surface area contributed by atoms with Crippen molar-refractivity contribution in [3.05, 3.63) is 69.0 Å². The molecule has 1 amide bonds. The third kappa shape index (κ3) is 4.07. The quantitative estimate of drug-likeness (QED) is 0.656. The van der Waals surface area contributed by atoms with Crippen LogP contribution >= 0.6 is 0 Å². The molecule has 0 aromatic heterocycles. The molecule has 0 radical (unpaired) electrons. The lowest BCUT2D eigenvalue weighted by molar-refractivity contribution is -0.385. The van der Waals surface area contributed by atoms with Crippen molar-refractivity contribution >= 4 is 17.3 Å². The van der Waals surface area contributed by atoms with E-state index in [0.29, 0.717) is 23.4 Å². The summed E-state index contributed by atoms with van der Waals surface area (Å²) >= 11 is 0. The van der Waals surface area contributed by atoms with E-state index in [2.05, 4.69) is 5.32 Å². The maximum Gasteiger partial charge on any atom is 0.273 e. The van der Waals surface area contributed by atoms with Crippen LogP contribution in [0.2, 0.25) is 0 Å². The third-order valence-electron chi connectivity index (χ3n) is 4.95. The molecular formula is C20H22FN3O3. The number of hydrogen-bond acceptors (Lipinski definition) is 4. The van der Waals surface area contributed by atoms with E-state index < -0.39 is 4.92 Å². The first-order chi connectivity index (χ1) is 12.9. The molecule has 2 aromatic carbocycles. The minimum atomic E-state index is -0.491. The molecule has 3 rings (SSSR count). The van der Waals surface area contributed by atoms with E-state index in [0.717, 1.165) is 24.9 Å². The maximum atomic E-state index is 14.2. The number of benzene rings is 2. The highest BCUT2D eigenvalue weighted by molar-refractivity contribution is 5.96. The number of hydrogen-bond donors (Lipinski definition) is 1. The van der Waals surface area contributed by atoms with Crippen LogP contribution in [0.1, 0.15) is 34.3 Å². The highest BCUT2D eigenvalue weighted by atomic mass is 19.1. The van der Waals surface area contributed by atoms with Gasteiger partial charge in [-0.05, 0) is 50.5 Å². The van der Waals surface area contributed by atoms with E-state index >= 15 is 0 Å². The molecule has 6 nitrogen and oxygen atoms in total. The second-order valence-electron chi connectivity index (χ2n) is 6.92. The number of amides is 1. The number of rotatable bonds is 4. The van der Waals surface area contributed by atoms with Gasteiger partial charge in [-0.15, -0.1) is 0 Å². The van der Waals surface area contributed by atoms with Gasteiger partial charge in [-0.1, -0.05) is 12.1 Å². The molecule has 2 aromatic rings. The lowest BCUT2D eigenvalue weighted by atomic mass is 10.0. The number of carbonyl (C=O) groups excluding carboxylic acids is 1. The van der Waals surface area contributed by atoms with E-state index in [1.54, 1.807) is 19.1 Å². The number of piperidine rings is 1. The molecule has 0 spiro atoms. The highest BCUT2D eigenvalue weighted by Crippen LogP contribution is 2.25. The lowest BCUT2D eigenvalue weighted by Gasteiger charge is -2.35. The van der Waals surface area contributed by atoms with Crippen LogP contribution in [0.4, 0.5) is 15.8 Å². The Morgan fingerprint density at radius 2 is 2.07 bits per heavy atom. The fourth-order valence-corrected chi connectivity index (χ4v) is 3.51. The summed E-state index contributed by atoms with van der Waals surface area (Å²) in [5, 5.41) is 14.0. The Morgan fingerprint density at radius 3 is 2.81 bits per heavy atom. The van der Waals surface area contributed by atoms with E-state index in [1.165, 1.54) is 18.2 Å². The molecule has 7 heteroatoms. The zero-order valence-electron chi connectivity index (χ0n) is 15.4. The fraction of sp³-hybridized carbons (Fsp3) is 0.350. The Kier molecular flexibility index (Phi) is 5.39. The van der Waals surface area contributed by atoms with Gasteiger partial charge in [-0.25, -0.2) is 4.39 Å². The number of carbonyl (C=O) groups is 1. The molecule has 142 valence electrons. The van der Waals surface area contributed by atoms with Crippen LogP contribution in [-0.4, -0.2) is 30.0 Å². The number of nitro benzene ring substituents is 1. The van der Waals surface area contributed by atoms with Gasteiger partial charge in [0.15, 0.2) is 0 Å². The van der Waals surface area contributed by atoms with Crippen molar-refractivity contribution in [3.8, 4) is 0 Å². The summed E-state index contributed by atoms with van der Waals surface area (Å²) in [6, 6.07) is 9.32. The molecule has 0 saturated carbocycles. The molecule has 1 N–H and O–H groups in total. The SMILES string of the molecule is Cc1ccc(F)c(N2CCCC(NC(=O)c3cccc([N+](=O)[O-])c3C)C2)c1. The van der Waals surface area contributed by atoms with Crippen molar-refractivity contribution < 1.29 is 14.1 Å². The van der Waals surface area contributed by atoms with Gasteiger partial charge >= 0.3 is 0 Å². The summed E-state index contributed by atoms with van der Waals surface area (Å²) < 4.78 is 14.2. The van der Waals surface area contributed by atoms with Gasteiger partial charge < -0.3 is 10.2 Å². The number of nitrogens with zero attached hydrogens (tertiary/aromatic N) is 2. The Balaban J connectivity index is 1.74. The predicted molar refractivity (Wildman–Crippen MR) is 102 cm³/mol. The van der Waals surface area contributed by atoms with Crippen LogP contribution in [0.5, 0.6) is 0 Å². The Labute approximate surface area is 157 Å². The van der Waals surface area contributed by atoms with Gasteiger partial charge in [-0.2, -0.15) is 0 Å². The maximum absolute atomic E-state index is 14.2. The topological polar surface area (TPSA) is 75.5 Å². The number of anilines is 1. The summed E-state index contributed by atoms with van der Waals surface area (Å²) in [5.41, 5.74) is 2.08. The summed E-state index contributed by atoms with van der Waals surface area (Å²) in [7, 11) is 0. The van der Waals surface area contributed by atoms with Crippen molar-refractivity contribution in [2.24, 2.45) is 0 Å². The molecule has 0 bridgehead atoms. The molecule has 1 aliphatic rings. The zero-order chi connectivity index (χ0) is 19.6. The van der Waals surface area contributed by atoms with E-state index in [-0.39, 0.29) is 23.5 Å². The van der Waals surface area contributed by atoms with Crippen LogP contribution in [-0.2, 0) is 0 Å².